The molecule has 0 saturated carbocycles. The van der Waals surface area contributed by atoms with Gasteiger partial charge in [0.1, 0.15) is 6.10 Å². The number of primary amides is 1. The monoisotopic (exact) mass is 673 g/mol. The second kappa shape index (κ2) is 19.5. The van der Waals surface area contributed by atoms with Crippen LogP contribution in [-0.4, -0.2) is 93.0 Å². The summed E-state index contributed by atoms with van der Waals surface area (Å²) in [6.07, 6.45) is 4.01. The second-order valence-electron chi connectivity index (χ2n) is 12.0. The molecule has 1 aliphatic carbocycles. The average molecular weight is 674 g/mol. The number of aliphatic hydroxyl groups excluding tert-OH is 1. The summed E-state index contributed by atoms with van der Waals surface area (Å²) in [6, 6.07) is -0.299. The highest BCUT2D eigenvalue weighted by Crippen LogP contribution is 2.29. The number of aliphatic hydroxyl groups is 1. The number of ketones is 2. The fraction of sp³-hybridized carbons (Fsp3) is 0.559. The van der Waals surface area contributed by atoms with Gasteiger partial charge in [-0.25, -0.2) is 9.59 Å². The molecule has 48 heavy (non-hydrogen) atoms. The molecule has 1 heterocycles. The zero-order chi connectivity index (χ0) is 36.0. The summed E-state index contributed by atoms with van der Waals surface area (Å²) in [5.74, 6) is -2.30. The van der Waals surface area contributed by atoms with Gasteiger partial charge in [0, 0.05) is 57.0 Å². The van der Waals surface area contributed by atoms with Gasteiger partial charge in [-0.15, -0.1) is 0 Å². The Morgan fingerprint density at radius 2 is 1.79 bits per heavy atom. The van der Waals surface area contributed by atoms with Gasteiger partial charge < -0.3 is 46.3 Å². The van der Waals surface area contributed by atoms with Crippen molar-refractivity contribution in [2.75, 3.05) is 33.9 Å². The Labute approximate surface area is 282 Å². The van der Waals surface area contributed by atoms with E-state index in [1.165, 1.54) is 27.2 Å². The van der Waals surface area contributed by atoms with Crippen molar-refractivity contribution in [1.82, 2.24) is 21.3 Å². The Morgan fingerprint density at radius 3 is 2.42 bits per heavy atom. The van der Waals surface area contributed by atoms with Crippen molar-refractivity contribution in [3.63, 3.8) is 0 Å². The van der Waals surface area contributed by atoms with E-state index in [1.807, 2.05) is 13.8 Å². The number of urea groups is 1. The maximum Gasteiger partial charge on any atom is 0.405 e. The molecule has 2 bridgehead atoms. The van der Waals surface area contributed by atoms with Crippen molar-refractivity contribution in [2.24, 2.45) is 17.6 Å². The number of rotatable bonds is 9. The van der Waals surface area contributed by atoms with Crippen LogP contribution in [0, 0.1) is 11.8 Å². The number of fused-ring (bicyclic) bond motifs is 2. The molecule has 4 amide bonds. The van der Waals surface area contributed by atoms with Crippen molar-refractivity contribution in [1.29, 1.82) is 0 Å². The van der Waals surface area contributed by atoms with Crippen molar-refractivity contribution in [2.45, 2.75) is 78.3 Å². The van der Waals surface area contributed by atoms with Gasteiger partial charge >= 0.3 is 12.1 Å². The molecular formula is C34H51N5O9. The van der Waals surface area contributed by atoms with Crippen LogP contribution in [0.3, 0.4) is 0 Å². The number of carbonyl (C=O) groups is 5. The third-order valence-corrected chi connectivity index (χ3v) is 8.07. The van der Waals surface area contributed by atoms with Gasteiger partial charge in [0.05, 0.1) is 23.6 Å². The molecule has 0 radical (unpaired) electrons. The summed E-state index contributed by atoms with van der Waals surface area (Å²) in [6.45, 7) is 9.88. The van der Waals surface area contributed by atoms with Crippen LogP contribution in [0.1, 0.15) is 53.9 Å². The number of nitrogens with two attached hydrogens (primary N) is 1. The normalized spacial score (nSPS) is 29.0. The SMILES string of the molecule is CCNC(=O)NCCCNC1=C2C[C@@H](C)C[C@H](OC)[C@H](O)[C@@H](C)/C=C(\C)[C@H](OC(N)=O)[C@@H](OC)/C=C\C=C(/C)C(=O)NC(=CC1=O)C2=O. The van der Waals surface area contributed by atoms with Crippen LogP contribution in [0.15, 0.2) is 58.5 Å². The van der Waals surface area contributed by atoms with Crippen LogP contribution < -0.4 is 27.0 Å². The Kier molecular flexibility index (Phi) is 16.2. The number of hydrogen-bond acceptors (Lipinski definition) is 10. The molecule has 0 unspecified atom stereocenters. The highest BCUT2D eigenvalue weighted by molar-refractivity contribution is 6.23. The lowest BCUT2D eigenvalue weighted by atomic mass is 9.85. The molecule has 0 spiro atoms. The summed E-state index contributed by atoms with van der Waals surface area (Å²) in [5, 5.41) is 22.3. The van der Waals surface area contributed by atoms with Crippen LogP contribution in [0.4, 0.5) is 9.59 Å². The molecule has 0 fully saturated rings. The molecule has 7 N–H and O–H groups in total. The number of amides is 4. The lowest BCUT2D eigenvalue weighted by Crippen LogP contribution is -2.38. The summed E-state index contributed by atoms with van der Waals surface area (Å²) in [4.78, 5) is 63.7. The maximum atomic E-state index is 13.8. The summed E-state index contributed by atoms with van der Waals surface area (Å²) < 4.78 is 16.6. The maximum absolute atomic E-state index is 13.8. The Balaban J connectivity index is 2.51. The van der Waals surface area contributed by atoms with Crippen molar-refractivity contribution >= 4 is 29.6 Å². The van der Waals surface area contributed by atoms with Crippen LogP contribution in [0.5, 0.6) is 0 Å². The van der Waals surface area contributed by atoms with Crippen LogP contribution >= 0.6 is 0 Å². The molecule has 14 heteroatoms. The van der Waals surface area contributed by atoms with Gasteiger partial charge in [-0.2, -0.15) is 0 Å². The molecule has 0 aromatic rings. The van der Waals surface area contributed by atoms with Gasteiger partial charge in [-0.3, -0.25) is 14.4 Å². The highest BCUT2D eigenvalue weighted by atomic mass is 16.6. The quantitative estimate of drug-likeness (QED) is 0.119. The number of carbonyl (C=O) groups excluding carboxylic acids is 5. The number of nitrogens with one attached hydrogen (secondary N) is 4. The summed E-state index contributed by atoms with van der Waals surface area (Å²) in [5.41, 5.74) is 6.32. The van der Waals surface area contributed by atoms with Crippen LogP contribution in [-0.2, 0) is 28.6 Å². The van der Waals surface area contributed by atoms with E-state index in [9.17, 15) is 29.1 Å². The highest BCUT2D eigenvalue weighted by Gasteiger charge is 2.33. The molecule has 0 aromatic heterocycles. The van der Waals surface area contributed by atoms with E-state index in [2.05, 4.69) is 21.3 Å². The van der Waals surface area contributed by atoms with Crippen molar-refractivity contribution in [3.8, 4) is 0 Å². The zero-order valence-corrected chi connectivity index (χ0v) is 28.9. The van der Waals surface area contributed by atoms with Crippen molar-refractivity contribution in [3.05, 3.63) is 58.5 Å². The Morgan fingerprint density at radius 1 is 1.08 bits per heavy atom. The minimum absolute atomic E-state index is 0.122. The number of methoxy groups -OCH3 is 2. The van der Waals surface area contributed by atoms with Crippen LogP contribution in [0.25, 0.3) is 0 Å². The molecule has 2 aliphatic rings. The minimum Gasteiger partial charge on any atom is -0.439 e. The molecule has 14 nitrogen and oxygen atoms in total. The smallest absolute Gasteiger partial charge is 0.405 e. The Hall–Kier alpha value is -4.27. The molecule has 0 saturated heterocycles. The first-order valence-electron chi connectivity index (χ1n) is 16.1. The van der Waals surface area contributed by atoms with E-state index < -0.39 is 53.9 Å². The third-order valence-electron chi connectivity index (χ3n) is 8.07. The first-order valence-corrected chi connectivity index (χ1v) is 16.1. The molecule has 6 atom stereocenters. The number of ether oxygens (including phenoxy) is 3. The van der Waals surface area contributed by atoms with E-state index in [-0.39, 0.29) is 40.9 Å². The molecule has 266 valence electrons. The largest absolute Gasteiger partial charge is 0.439 e. The molecular weight excluding hydrogens is 622 g/mol. The minimum atomic E-state index is -1.01. The molecule has 2 rings (SSSR count). The van der Waals surface area contributed by atoms with E-state index in [0.717, 1.165) is 6.08 Å². The number of Topliss-reactive ketones (excluding diaryl/α,β-unsaturated/α-hetero) is 1. The first kappa shape index (κ1) is 39.9. The van der Waals surface area contributed by atoms with Gasteiger partial charge in [0.25, 0.3) is 5.91 Å². The molecule has 0 aromatic carbocycles. The van der Waals surface area contributed by atoms with Gasteiger partial charge in [-0.05, 0) is 51.5 Å². The van der Waals surface area contributed by atoms with E-state index in [4.69, 9.17) is 19.9 Å². The summed E-state index contributed by atoms with van der Waals surface area (Å²) in [7, 11) is 2.90. The fourth-order valence-corrected chi connectivity index (χ4v) is 5.51. The Bertz CT molecular complexity index is 1350. The van der Waals surface area contributed by atoms with Crippen LogP contribution in [0.2, 0.25) is 0 Å². The fourth-order valence-electron chi connectivity index (χ4n) is 5.51. The summed E-state index contributed by atoms with van der Waals surface area (Å²) >= 11 is 0. The first-order chi connectivity index (χ1) is 22.7. The lowest BCUT2D eigenvalue weighted by Gasteiger charge is -2.30. The van der Waals surface area contributed by atoms with Gasteiger partial charge in [0.15, 0.2) is 6.10 Å². The zero-order valence-electron chi connectivity index (χ0n) is 28.9. The topological polar surface area (TPSA) is 207 Å². The predicted octanol–water partition coefficient (Wildman–Crippen LogP) is 2.06. The average Bonchev–Trinajstić information content (AvgIpc) is 3.03. The third kappa shape index (κ3) is 11.8. The lowest BCUT2D eigenvalue weighted by molar-refractivity contribution is -0.120. The second-order valence-corrected chi connectivity index (χ2v) is 12.0. The molecule has 1 aliphatic heterocycles. The predicted molar refractivity (Wildman–Crippen MR) is 179 cm³/mol. The van der Waals surface area contributed by atoms with E-state index >= 15 is 0 Å². The standard InChI is InChI=1S/C34H51N5O9/c1-8-36-34(45)38-14-10-13-37-28-23-15-19(2)16-27(47-7)29(41)21(4)17-22(5)31(48-33(35)44)26(46-6)12-9-11-20(3)32(43)39-24(30(23)42)18-25(28)40/h9,11-12,17-19,21,26-27,29,31,37,41H,8,10,13-16H2,1-7H3,(H2,35,44)(H,39,43)(H2,36,38,45)/b12-9-,20-11+,22-17+/t19-,21+,26+,27+,29-,31+/m1/s1. The van der Waals surface area contributed by atoms with E-state index in [1.54, 1.807) is 32.1 Å². The van der Waals surface area contributed by atoms with Crippen molar-refractivity contribution < 1.29 is 43.3 Å². The number of allylic oxidation sites excluding steroid dienone is 4. The van der Waals surface area contributed by atoms with Gasteiger partial charge in [0.2, 0.25) is 11.6 Å². The van der Waals surface area contributed by atoms with E-state index in [0.29, 0.717) is 38.0 Å². The van der Waals surface area contributed by atoms with Gasteiger partial charge in [-0.1, -0.05) is 38.2 Å². The number of hydrogen-bond donors (Lipinski definition) is 6.